The summed E-state index contributed by atoms with van der Waals surface area (Å²) in [5.41, 5.74) is 1.49. The Morgan fingerprint density at radius 2 is 1.75 bits per heavy atom. The number of amides is 2. The summed E-state index contributed by atoms with van der Waals surface area (Å²) in [6.07, 6.45) is 0. The number of rotatable bonds is 5. The van der Waals surface area contributed by atoms with Gasteiger partial charge in [-0.3, -0.25) is 10.0 Å². The van der Waals surface area contributed by atoms with Crippen LogP contribution in [0.2, 0.25) is 0 Å². The molecule has 0 radical (unpaired) electrons. The van der Waals surface area contributed by atoms with Gasteiger partial charge in [-0.05, 0) is 32.0 Å². The van der Waals surface area contributed by atoms with Crippen LogP contribution in [0.25, 0.3) is 0 Å². The number of benzene rings is 1. The minimum absolute atomic E-state index is 0.0116. The van der Waals surface area contributed by atoms with E-state index < -0.39 is 16.2 Å². The molecule has 0 bridgehead atoms. The summed E-state index contributed by atoms with van der Waals surface area (Å²) in [6, 6.07) is 7.15. The first-order valence-corrected chi connectivity index (χ1v) is 8.34. The molecule has 1 heterocycles. The molecule has 3 N–H and O–H groups in total. The lowest BCUT2D eigenvalue weighted by molar-refractivity contribution is 0.256. The minimum Gasteiger partial charge on any atom is -0.495 e. The van der Waals surface area contributed by atoms with Crippen molar-refractivity contribution in [3.63, 3.8) is 0 Å². The third kappa shape index (κ3) is 4.81. The number of aryl methyl sites for hydroxylation is 2. The van der Waals surface area contributed by atoms with Gasteiger partial charge in [0.05, 0.1) is 12.8 Å². The molecule has 24 heavy (non-hydrogen) atoms. The van der Waals surface area contributed by atoms with Crippen LogP contribution >= 0.6 is 0 Å². The van der Waals surface area contributed by atoms with Crippen LogP contribution in [-0.4, -0.2) is 31.5 Å². The molecular formula is C14H17N5O4S. The maximum Gasteiger partial charge on any atom is 0.336 e. The summed E-state index contributed by atoms with van der Waals surface area (Å²) in [6.45, 7) is 3.47. The Bertz CT molecular complexity index is 834. The van der Waals surface area contributed by atoms with Crippen molar-refractivity contribution in [2.24, 2.45) is 0 Å². The SMILES string of the molecule is COc1ccccc1NS(=O)(=O)NC(=O)Nc1nc(C)cc(C)n1. The number of carbonyl (C=O) groups excluding carboxylic acids is 1. The Hall–Kier alpha value is -2.88. The summed E-state index contributed by atoms with van der Waals surface area (Å²) in [4.78, 5) is 19.8. The van der Waals surface area contributed by atoms with Crippen LogP contribution in [0, 0.1) is 13.8 Å². The van der Waals surface area contributed by atoms with E-state index in [0.717, 1.165) is 0 Å². The van der Waals surface area contributed by atoms with E-state index in [1.165, 1.54) is 13.2 Å². The first kappa shape index (κ1) is 17.5. The van der Waals surface area contributed by atoms with Crippen molar-refractivity contribution in [3.8, 4) is 5.75 Å². The largest absolute Gasteiger partial charge is 0.495 e. The second-order valence-corrected chi connectivity index (χ2v) is 6.25. The summed E-state index contributed by atoms with van der Waals surface area (Å²) in [7, 11) is -2.75. The highest BCUT2D eigenvalue weighted by atomic mass is 32.2. The zero-order valence-corrected chi connectivity index (χ0v) is 14.1. The van der Waals surface area contributed by atoms with E-state index in [1.807, 2.05) is 4.72 Å². The molecule has 0 aliphatic carbocycles. The zero-order valence-electron chi connectivity index (χ0n) is 13.3. The predicted octanol–water partition coefficient (Wildman–Crippen LogP) is 1.58. The molecule has 1 aromatic heterocycles. The lowest BCUT2D eigenvalue weighted by atomic mass is 10.3. The first-order valence-electron chi connectivity index (χ1n) is 6.86. The highest BCUT2D eigenvalue weighted by molar-refractivity contribution is 7.91. The number of nitrogens with one attached hydrogen (secondary N) is 3. The number of nitrogens with zero attached hydrogens (tertiary/aromatic N) is 2. The number of carbonyl (C=O) groups is 1. The molecule has 0 spiro atoms. The van der Waals surface area contributed by atoms with Gasteiger partial charge in [-0.2, -0.15) is 8.42 Å². The number of hydrogen-bond donors (Lipinski definition) is 3. The monoisotopic (exact) mass is 351 g/mol. The molecule has 0 fully saturated rings. The highest BCUT2D eigenvalue weighted by Gasteiger charge is 2.17. The van der Waals surface area contributed by atoms with Gasteiger partial charge in [-0.15, -0.1) is 0 Å². The van der Waals surface area contributed by atoms with Crippen LogP contribution in [0.4, 0.5) is 16.4 Å². The van der Waals surface area contributed by atoms with E-state index >= 15 is 0 Å². The molecule has 0 saturated heterocycles. The highest BCUT2D eigenvalue weighted by Crippen LogP contribution is 2.23. The first-order chi connectivity index (χ1) is 11.3. The maximum absolute atomic E-state index is 12.0. The number of ether oxygens (including phenoxy) is 1. The number of methoxy groups -OCH3 is 1. The normalized spacial score (nSPS) is 10.8. The molecule has 0 aliphatic heterocycles. The Kier molecular flexibility index (Phi) is 5.19. The Morgan fingerprint density at radius 1 is 1.12 bits per heavy atom. The fraction of sp³-hybridized carbons (Fsp3) is 0.214. The molecule has 1 aromatic carbocycles. The predicted molar refractivity (Wildman–Crippen MR) is 89.2 cm³/mol. The van der Waals surface area contributed by atoms with Crippen molar-refractivity contribution in [2.45, 2.75) is 13.8 Å². The summed E-state index contributed by atoms with van der Waals surface area (Å²) >= 11 is 0. The van der Waals surface area contributed by atoms with Crippen LogP contribution in [-0.2, 0) is 10.2 Å². The molecule has 0 saturated carbocycles. The van der Waals surface area contributed by atoms with Crippen LogP contribution in [0.3, 0.4) is 0 Å². The second kappa shape index (κ2) is 7.13. The quantitative estimate of drug-likeness (QED) is 0.752. The van der Waals surface area contributed by atoms with E-state index in [4.69, 9.17) is 4.74 Å². The van der Waals surface area contributed by atoms with Crippen LogP contribution in [0.15, 0.2) is 30.3 Å². The third-order valence-electron chi connectivity index (χ3n) is 2.79. The van der Waals surface area contributed by atoms with Gasteiger partial charge in [0.15, 0.2) is 0 Å². The standard InChI is InChI=1S/C14H17N5O4S/c1-9-8-10(2)16-13(15-9)17-14(20)19-24(21,22)18-11-6-4-5-7-12(11)23-3/h4-8,18H,1-3H3,(H2,15,16,17,19,20). The van der Waals surface area contributed by atoms with Gasteiger partial charge in [0, 0.05) is 11.4 Å². The number of aromatic nitrogens is 2. The van der Waals surface area contributed by atoms with Crippen LogP contribution < -0.4 is 19.5 Å². The molecular weight excluding hydrogens is 334 g/mol. The molecule has 0 aliphatic rings. The fourth-order valence-electron chi connectivity index (χ4n) is 1.93. The van der Waals surface area contributed by atoms with Crippen molar-refractivity contribution in [2.75, 3.05) is 17.1 Å². The average molecular weight is 351 g/mol. The molecule has 10 heteroatoms. The van der Waals surface area contributed by atoms with Crippen LogP contribution in [0.1, 0.15) is 11.4 Å². The van der Waals surface area contributed by atoms with Crippen molar-refractivity contribution in [1.82, 2.24) is 14.7 Å². The molecule has 9 nitrogen and oxygen atoms in total. The van der Waals surface area contributed by atoms with E-state index in [2.05, 4.69) is 20.0 Å². The van der Waals surface area contributed by atoms with Gasteiger partial charge in [0.2, 0.25) is 5.95 Å². The van der Waals surface area contributed by atoms with Gasteiger partial charge in [-0.1, -0.05) is 12.1 Å². The average Bonchev–Trinajstić information content (AvgIpc) is 2.45. The minimum atomic E-state index is -4.15. The lowest BCUT2D eigenvalue weighted by Gasteiger charge is -2.12. The maximum atomic E-state index is 12.0. The smallest absolute Gasteiger partial charge is 0.336 e. The molecule has 128 valence electrons. The van der Waals surface area contributed by atoms with Crippen molar-refractivity contribution in [3.05, 3.63) is 41.7 Å². The van der Waals surface area contributed by atoms with Gasteiger partial charge < -0.3 is 4.74 Å². The molecule has 0 atom stereocenters. The third-order valence-corrected chi connectivity index (χ3v) is 3.73. The van der Waals surface area contributed by atoms with Gasteiger partial charge in [0.1, 0.15) is 5.75 Å². The Balaban J connectivity index is 2.07. The van der Waals surface area contributed by atoms with E-state index in [1.54, 1.807) is 38.1 Å². The number of hydrogen-bond acceptors (Lipinski definition) is 6. The summed E-state index contributed by atoms with van der Waals surface area (Å²) in [5.74, 6) is 0.332. The molecule has 0 unspecified atom stereocenters. The Morgan fingerprint density at radius 3 is 2.38 bits per heavy atom. The Labute approximate surface area is 139 Å². The topological polar surface area (TPSA) is 122 Å². The van der Waals surface area contributed by atoms with Crippen molar-refractivity contribution >= 4 is 27.9 Å². The zero-order chi connectivity index (χ0) is 17.7. The lowest BCUT2D eigenvalue weighted by Crippen LogP contribution is -2.38. The fourth-order valence-corrected chi connectivity index (χ4v) is 2.73. The molecule has 2 rings (SSSR count). The van der Waals surface area contributed by atoms with E-state index in [0.29, 0.717) is 17.1 Å². The van der Waals surface area contributed by atoms with Gasteiger partial charge in [-0.25, -0.2) is 19.5 Å². The van der Waals surface area contributed by atoms with Crippen molar-refractivity contribution < 1.29 is 17.9 Å². The summed E-state index contributed by atoms with van der Waals surface area (Å²) in [5, 5.41) is 2.27. The van der Waals surface area contributed by atoms with Gasteiger partial charge in [0.25, 0.3) is 0 Å². The molecule has 2 aromatic rings. The molecule has 2 amide bonds. The number of anilines is 2. The number of para-hydroxylation sites is 2. The van der Waals surface area contributed by atoms with Crippen LogP contribution in [0.5, 0.6) is 5.75 Å². The van der Waals surface area contributed by atoms with E-state index in [9.17, 15) is 13.2 Å². The number of urea groups is 1. The van der Waals surface area contributed by atoms with Gasteiger partial charge >= 0.3 is 16.2 Å². The second-order valence-electron chi connectivity index (χ2n) is 4.84. The van der Waals surface area contributed by atoms with E-state index in [-0.39, 0.29) is 11.6 Å². The van der Waals surface area contributed by atoms with Crippen molar-refractivity contribution in [1.29, 1.82) is 0 Å². The summed E-state index contributed by atoms with van der Waals surface area (Å²) < 4.78 is 33.1.